The monoisotopic (exact) mass is 178 g/mol. The fraction of sp³-hybridized carbons (Fsp3) is 0.545. The van der Waals surface area contributed by atoms with E-state index in [0.717, 1.165) is 18.4 Å². The Hall–Kier alpha value is -1.05. The van der Waals surface area contributed by atoms with Crippen molar-refractivity contribution in [2.24, 2.45) is 0 Å². The summed E-state index contributed by atoms with van der Waals surface area (Å²) in [5.74, 6) is 0.0839. The highest BCUT2D eigenvalue weighted by molar-refractivity contribution is 6.00. The molecular formula is C11H14O2. The number of ketones is 1. The highest BCUT2D eigenvalue weighted by atomic mass is 16.5. The minimum Gasteiger partial charge on any atom is -0.482 e. The molecule has 1 aliphatic heterocycles. The zero-order chi connectivity index (χ0) is 9.31. The van der Waals surface area contributed by atoms with Crippen molar-refractivity contribution in [2.75, 3.05) is 0 Å². The summed E-state index contributed by atoms with van der Waals surface area (Å²) in [7, 11) is 0. The fourth-order valence-electron chi connectivity index (χ4n) is 1.95. The van der Waals surface area contributed by atoms with Gasteiger partial charge in [0.1, 0.15) is 0 Å². The molecule has 1 unspecified atom stereocenters. The summed E-state index contributed by atoms with van der Waals surface area (Å²) in [6, 6.07) is 0. The molecule has 0 amide bonds. The van der Waals surface area contributed by atoms with Crippen molar-refractivity contribution in [3.05, 3.63) is 24.0 Å². The molecule has 13 heavy (non-hydrogen) atoms. The molecule has 1 aliphatic carbocycles. The molecule has 2 heteroatoms. The van der Waals surface area contributed by atoms with Crippen LogP contribution in [0.5, 0.6) is 0 Å². The number of hydrogen-bond donors (Lipinski definition) is 0. The van der Waals surface area contributed by atoms with E-state index in [2.05, 4.69) is 6.08 Å². The highest BCUT2D eigenvalue weighted by Crippen LogP contribution is 2.34. The fourth-order valence-corrected chi connectivity index (χ4v) is 1.95. The molecule has 70 valence electrons. The van der Waals surface area contributed by atoms with Crippen LogP contribution in [-0.2, 0) is 9.53 Å². The Kier molecular flexibility index (Phi) is 1.98. The number of hydrogen-bond acceptors (Lipinski definition) is 2. The normalized spacial score (nSPS) is 33.0. The van der Waals surface area contributed by atoms with Crippen LogP contribution in [0.3, 0.4) is 0 Å². The average molecular weight is 178 g/mol. The number of ether oxygens (including phenoxy) is 1. The van der Waals surface area contributed by atoms with E-state index in [0.29, 0.717) is 0 Å². The van der Waals surface area contributed by atoms with Gasteiger partial charge in [0.05, 0.1) is 6.26 Å². The molecule has 0 bridgehead atoms. The van der Waals surface area contributed by atoms with Gasteiger partial charge >= 0.3 is 0 Å². The second-order valence-corrected chi connectivity index (χ2v) is 3.79. The van der Waals surface area contributed by atoms with Gasteiger partial charge in [-0.15, -0.1) is 0 Å². The largest absolute Gasteiger partial charge is 0.482 e. The standard InChI is InChI=1S/C11H14O2/c1-11(10(12)7-8-13-11)9-5-3-2-4-6-9/h5,7-8H,2-4,6H2,1H3. The Morgan fingerprint density at radius 3 is 2.85 bits per heavy atom. The Bertz CT molecular complexity index is 288. The van der Waals surface area contributed by atoms with Crippen LogP contribution in [0.2, 0.25) is 0 Å². The van der Waals surface area contributed by atoms with E-state index < -0.39 is 5.60 Å². The molecule has 0 N–H and O–H groups in total. The molecule has 0 radical (unpaired) electrons. The summed E-state index contributed by atoms with van der Waals surface area (Å²) in [5, 5.41) is 0. The molecule has 0 saturated heterocycles. The van der Waals surface area contributed by atoms with Gasteiger partial charge in [-0.1, -0.05) is 6.08 Å². The summed E-state index contributed by atoms with van der Waals surface area (Å²) < 4.78 is 5.39. The smallest absolute Gasteiger partial charge is 0.206 e. The van der Waals surface area contributed by atoms with E-state index in [1.165, 1.54) is 25.2 Å². The van der Waals surface area contributed by atoms with Crippen LogP contribution < -0.4 is 0 Å². The number of rotatable bonds is 1. The Morgan fingerprint density at radius 1 is 1.46 bits per heavy atom. The van der Waals surface area contributed by atoms with E-state index in [-0.39, 0.29) is 5.78 Å². The first-order valence-corrected chi connectivity index (χ1v) is 4.82. The first-order chi connectivity index (χ1) is 6.23. The molecular weight excluding hydrogens is 164 g/mol. The average Bonchev–Trinajstić information content (AvgIpc) is 2.50. The lowest BCUT2D eigenvalue weighted by Crippen LogP contribution is -2.35. The lowest BCUT2D eigenvalue weighted by molar-refractivity contribution is -0.125. The number of carbonyl (C=O) groups is 1. The highest BCUT2D eigenvalue weighted by Gasteiger charge is 2.40. The summed E-state index contributed by atoms with van der Waals surface area (Å²) in [6.07, 6.45) is 9.70. The summed E-state index contributed by atoms with van der Waals surface area (Å²) in [6.45, 7) is 1.87. The van der Waals surface area contributed by atoms with Gasteiger partial charge in [-0.25, -0.2) is 0 Å². The van der Waals surface area contributed by atoms with Crippen molar-refractivity contribution in [2.45, 2.75) is 38.2 Å². The third kappa shape index (κ3) is 1.30. The maximum Gasteiger partial charge on any atom is 0.206 e. The molecule has 0 aromatic carbocycles. The van der Waals surface area contributed by atoms with Crippen LogP contribution in [-0.4, -0.2) is 11.4 Å². The molecule has 0 saturated carbocycles. The molecule has 0 spiro atoms. The van der Waals surface area contributed by atoms with Gasteiger partial charge in [-0.05, 0) is 38.2 Å². The van der Waals surface area contributed by atoms with Crippen molar-refractivity contribution in [3.8, 4) is 0 Å². The molecule has 2 aliphatic rings. The van der Waals surface area contributed by atoms with E-state index in [1.54, 1.807) is 0 Å². The van der Waals surface area contributed by atoms with Gasteiger partial charge in [-0.2, -0.15) is 0 Å². The third-order valence-corrected chi connectivity index (χ3v) is 2.90. The van der Waals surface area contributed by atoms with Gasteiger partial charge in [0, 0.05) is 6.08 Å². The van der Waals surface area contributed by atoms with Gasteiger partial charge in [0.25, 0.3) is 0 Å². The number of carbonyl (C=O) groups excluding carboxylic acids is 1. The maximum atomic E-state index is 11.5. The van der Waals surface area contributed by atoms with E-state index in [1.807, 2.05) is 6.92 Å². The van der Waals surface area contributed by atoms with Crippen molar-refractivity contribution in [3.63, 3.8) is 0 Å². The van der Waals surface area contributed by atoms with Crippen LogP contribution in [0.4, 0.5) is 0 Å². The minimum atomic E-state index is -0.666. The van der Waals surface area contributed by atoms with E-state index in [4.69, 9.17) is 4.74 Å². The molecule has 0 fully saturated rings. The zero-order valence-corrected chi connectivity index (χ0v) is 7.88. The lowest BCUT2D eigenvalue weighted by Gasteiger charge is -2.27. The van der Waals surface area contributed by atoms with Crippen molar-refractivity contribution in [1.29, 1.82) is 0 Å². The van der Waals surface area contributed by atoms with Gasteiger partial charge < -0.3 is 4.74 Å². The van der Waals surface area contributed by atoms with E-state index in [9.17, 15) is 4.79 Å². The summed E-state index contributed by atoms with van der Waals surface area (Å²) in [5.41, 5.74) is 0.495. The summed E-state index contributed by atoms with van der Waals surface area (Å²) in [4.78, 5) is 11.5. The molecule has 0 aromatic heterocycles. The zero-order valence-electron chi connectivity index (χ0n) is 7.88. The van der Waals surface area contributed by atoms with Crippen molar-refractivity contribution < 1.29 is 9.53 Å². The van der Waals surface area contributed by atoms with Gasteiger partial charge in [0.2, 0.25) is 5.78 Å². The predicted molar refractivity (Wildman–Crippen MR) is 50.2 cm³/mol. The van der Waals surface area contributed by atoms with Gasteiger partial charge in [-0.3, -0.25) is 4.79 Å². The van der Waals surface area contributed by atoms with Crippen molar-refractivity contribution in [1.82, 2.24) is 0 Å². The molecule has 1 heterocycles. The van der Waals surface area contributed by atoms with Crippen LogP contribution in [0, 0.1) is 0 Å². The second-order valence-electron chi connectivity index (χ2n) is 3.79. The predicted octanol–water partition coefficient (Wildman–Crippen LogP) is 2.36. The van der Waals surface area contributed by atoms with Crippen LogP contribution in [0.15, 0.2) is 24.0 Å². The molecule has 0 aromatic rings. The second kappa shape index (κ2) is 3.02. The number of allylic oxidation sites excluding steroid dienone is 1. The topological polar surface area (TPSA) is 26.3 Å². The molecule has 2 nitrogen and oxygen atoms in total. The van der Waals surface area contributed by atoms with Crippen molar-refractivity contribution >= 4 is 5.78 Å². The first kappa shape index (κ1) is 8.54. The van der Waals surface area contributed by atoms with E-state index >= 15 is 0 Å². The molecule has 2 rings (SSSR count). The van der Waals surface area contributed by atoms with Crippen LogP contribution >= 0.6 is 0 Å². The van der Waals surface area contributed by atoms with Crippen LogP contribution in [0.25, 0.3) is 0 Å². The Labute approximate surface area is 78.3 Å². The minimum absolute atomic E-state index is 0.0839. The molecule has 1 atom stereocenters. The van der Waals surface area contributed by atoms with Gasteiger partial charge in [0.15, 0.2) is 5.60 Å². The Balaban J connectivity index is 2.24. The quantitative estimate of drug-likeness (QED) is 0.576. The Morgan fingerprint density at radius 2 is 2.31 bits per heavy atom. The maximum absolute atomic E-state index is 11.5. The third-order valence-electron chi connectivity index (χ3n) is 2.90. The SMILES string of the molecule is CC1(C2=CCCCC2)OC=CC1=O. The lowest BCUT2D eigenvalue weighted by atomic mass is 9.84. The first-order valence-electron chi connectivity index (χ1n) is 4.82. The van der Waals surface area contributed by atoms with Crippen LogP contribution in [0.1, 0.15) is 32.6 Å². The summed E-state index contributed by atoms with van der Waals surface area (Å²) >= 11 is 0.